The van der Waals surface area contributed by atoms with Crippen molar-refractivity contribution in [1.82, 2.24) is 10.6 Å². The molecule has 13 heavy (non-hydrogen) atoms. The molecule has 1 aliphatic rings. The van der Waals surface area contributed by atoms with E-state index in [1.807, 2.05) is 6.92 Å². The van der Waals surface area contributed by atoms with E-state index in [1.165, 1.54) is 0 Å². The van der Waals surface area contributed by atoms with Gasteiger partial charge >= 0.3 is 6.03 Å². The van der Waals surface area contributed by atoms with E-state index in [1.54, 1.807) is 0 Å². The maximum Gasteiger partial charge on any atom is 0.314 e. The minimum Gasteiger partial charge on any atom is -0.396 e. The zero-order valence-corrected chi connectivity index (χ0v) is 8.05. The Balaban J connectivity index is 2.19. The minimum atomic E-state index is -0.0916. The zero-order chi connectivity index (χ0) is 9.68. The first kappa shape index (κ1) is 10.3. The molecular weight excluding hydrogens is 168 g/mol. The van der Waals surface area contributed by atoms with Crippen molar-refractivity contribution in [2.24, 2.45) is 5.92 Å². The number of amides is 2. The maximum absolute atomic E-state index is 11.1. The molecule has 0 aromatic rings. The number of urea groups is 1. The van der Waals surface area contributed by atoms with Crippen LogP contribution in [0.25, 0.3) is 0 Å². The molecule has 2 atom stereocenters. The highest BCUT2D eigenvalue weighted by molar-refractivity contribution is 5.74. The number of hydrogen-bond acceptors (Lipinski definition) is 2. The summed E-state index contributed by atoms with van der Waals surface area (Å²) in [5.41, 5.74) is 0. The Labute approximate surface area is 78.7 Å². The van der Waals surface area contributed by atoms with Crippen LogP contribution >= 0.6 is 0 Å². The van der Waals surface area contributed by atoms with Crippen LogP contribution in [0.2, 0.25) is 0 Å². The van der Waals surface area contributed by atoms with E-state index in [4.69, 9.17) is 5.11 Å². The van der Waals surface area contributed by atoms with Crippen LogP contribution in [0.1, 0.15) is 26.2 Å². The summed E-state index contributed by atoms with van der Waals surface area (Å²) in [7, 11) is 0. The molecular formula is C9H18N2O2. The van der Waals surface area contributed by atoms with E-state index in [0.717, 1.165) is 19.3 Å². The lowest BCUT2D eigenvalue weighted by Crippen LogP contribution is -2.40. The summed E-state index contributed by atoms with van der Waals surface area (Å²) in [6.07, 6.45) is 2.92. The maximum atomic E-state index is 11.1. The van der Waals surface area contributed by atoms with Gasteiger partial charge in [-0.3, -0.25) is 0 Å². The van der Waals surface area contributed by atoms with E-state index in [2.05, 4.69) is 10.6 Å². The third kappa shape index (κ3) is 3.22. The highest BCUT2D eigenvalue weighted by Crippen LogP contribution is 2.24. The number of aliphatic hydroxyl groups is 1. The number of nitrogens with one attached hydrogen (secondary N) is 2. The molecule has 0 saturated heterocycles. The van der Waals surface area contributed by atoms with Crippen LogP contribution in [0.4, 0.5) is 4.79 Å². The van der Waals surface area contributed by atoms with Gasteiger partial charge in [-0.1, -0.05) is 0 Å². The van der Waals surface area contributed by atoms with Gasteiger partial charge in [-0.15, -0.1) is 0 Å². The molecule has 0 aliphatic heterocycles. The van der Waals surface area contributed by atoms with E-state index in [9.17, 15) is 4.79 Å². The lowest BCUT2D eigenvalue weighted by molar-refractivity contribution is 0.223. The van der Waals surface area contributed by atoms with Gasteiger partial charge in [0, 0.05) is 19.2 Å². The number of carbonyl (C=O) groups excluding carboxylic acids is 1. The molecule has 1 fully saturated rings. The summed E-state index contributed by atoms with van der Waals surface area (Å²) >= 11 is 0. The molecule has 0 bridgehead atoms. The smallest absolute Gasteiger partial charge is 0.314 e. The fraction of sp³-hybridized carbons (Fsp3) is 0.889. The molecule has 3 N–H and O–H groups in total. The normalized spacial score (nSPS) is 27.2. The fourth-order valence-electron chi connectivity index (χ4n) is 1.77. The van der Waals surface area contributed by atoms with Gasteiger partial charge in [0.1, 0.15) is 0 Å². The molecule has 1 saturated carbocycles. The van der Waals surface area contributed by atoms with Crippen LogP contribution in [-0.4, -0.2) is 30.3 Å². The van der Waals surface area contributed by atoms with Gasteiger partial charge in [-0.25, -0.2) is 4.79 Å². The number of hydrogen-bond donors (Lipinski definition) is 3. The van der Waals surface area contributed by atoms with Crippen molar-refractivity contribution >= 4 is 6.03 Å². The van der Waals surface area contributed by atoms with Crippen molar-refractivity contribution in [3.63, 3.8) is 0 Å². The topological polar surface area (TPSA) is 61.4 Å². The van der Waals surface area contributed by atoms with Gasteiger partial charge in [0.2, 0.25) is 0 Å². The average Bonchev–Trinajstić information content (AvgIpc) is 2.52. The van der Waals surface area contributed by atoms with Crippen molar-refractivity contribution in [2.45, 2.75) is 32.2 Å². The van der Waals surface area contributed by atoms with Gasteiger partial charge in [-0.2, -0.15) is 0 Å². The molecule has 76 valence electrons. The Hall–Kier alpha value is -0.770. The largest absolute Gasteiger partial charge is 0.396 e. The van der Waals surface area contributed by atoms with E-state index < -0.39 is 0 Å². The van der Waals surface area contributed by atoms with E-state index in [0.29, 0.717) is 12.5 Å². The Bertz CT molecular complexity index is 173. The first-order chi connectivity index (χ1) is 6.26. The predicted octanol–water partition coefficient (Wildman–Crippen LogP) is 0.466. The van der Waals surface area contributed by atoms with Crippen molar-refractivity contribution in [1.29, 1.82) is 0 Å². The first-order valence-corrected chi connectivity index (χ1v) is 4.91. The molecule has 0 aromatic heterocycles. The second kappa shape index (κ2) is 5.07. The molecule has 1 aliphatic carbocycles. The third-order valence-electron chi connectivity index (χ3n) is 2.47. The summed E-state index contributed by atoms with van der Waals surface area (Å²) in [4.78, 5) is 11.1. The van der Waals surface area contributed by atoms with Gasteiger partial charge in [0.25, 0.3) is 0 Å². The van der Waals surface area contributed by atoms with Crippen LogP contribution in [0.5, 0.6) is 0 Å². The van der Waals surface area contributed by atoms with Crippen LogP contribution in [0.3, 0.4) is 0 Å². The minimum absolute atomic E-state index is 0.0916. The summed E-state index contributed by atoms with van der Waals surface area (Å²) in [6.45, 7) is 2.79. The SMILES string of the molecule is CCNC(=O)NC1CCC(CO)C1. The number of rotatable bonds is 3. The van der Waals surface area contributed by atoms with Gasteiger partial charge < -0.3 is 15.7 Å². The third-order valence-corrected chi connectivity index (χ3v) is 2.47. The first-order valence-electron chi connectivity index (χ1n) is 4.91. The standard InChI is InChI=1S/C9H18N2O2/c1-2-10-9(13)11-8-4-3-7(5-8)6-12/h7-8,12H,2-6H2,1H3,(H2,10,11,13). The molecule has 0 radical (unpaired) electrons. The summed E-state index contributed by atoms with van der Waals surface area (Å²) in [6, 6.07) is 0.162. The molecule has 2 unspecified atom stereocenters. The van der Waals surface area contributed by atoms with Gasteiger partial charge in [-0.05, 0) is 32.1 Å². The molecule has 0 spiro atoms. The number of aliphatic hydroxyl groups excluding tert-OH is 1. The van der Waals surface area contributed by atoms with Crippen molar-refractivity contribution in [3.8, 4) is 0 Å². The quantitative estimate of drug-likeness (QED) is 0.600. The number of carbonyl (C=O) groups is 1. The lowest BCUT2D eigenvalue weighted by Gasteiger charge is -2.12. The highest BCUT2D eigenvalue weighted by Gasteiger charge is 2.24. The summed E-state index contributed by atoms with van der Waals surface area (Å²) in [5.74, 6) is 0.381. The van der Waals surface area contributed by atoms with Gasteiger partial charge in [0.05, 0.1) is 0 Å². The summed E-state index contributed by atoms with van der Waals surface area (Å²) < 4.78 is 0. The Kier molecular flexibility index (Phi) is 4.02. The molecule has 1 rings (SSSR count). The van der Waals surface area contributed by atoms with Crippen molar-refractivity contribution in [3.05, 3.63) is 0 Å². The second-order valence-electron chi connectivity index (χ2n) is 3.56. The van der Waals surface area contributed by atoms with Crippen molar-refractivity contribution in [2.75, 3.05) is 13.2 Å². The molecule has 0 heterocycles. The molecule has 4 nitrogen and oxygen atoms in total. The van der Waals surface area contributed by atoms with Crippen LogP contribution < -0.4 is 10.6 Å². The predicted molar refractivity (Wildman–Crippen MR) is 50.4 cm³/mol. The Morgan fingerprint density at radius 1 is 1.54 bits per heavy atom. The van der Waals surface area contributed by atoms with Crippen LogP contribution in [0.15, 0.2) is 0 Å². The van der Waals surface area contributed by atoms with Crippen LogP contribution in [0, 0.1) is 5.92 Å². The van der Waals surface area contributed by atoms with Crippen LogP contribution in [-0.2, 0) is 0 Å². The zero-order valence-electron chi connectivity index (χ0n) is 8.05. The second-order valence-corrected chi connectivity index (χ2v) is 3.56. The van der Waals surface area contributed by atoms with Gasteiger partial charge in [0.15, 0.2) is 0 Å². The molecule has 4 heteroatoms. The molecule has 2 amide bonds. The van der Waals surface area contributed by atoms with Crippen molar-refractivity contribution < 1.29 is 9.90 Å². The highest BCUT2D eigenvalue weighted by atomic mass is 16.3. The van der Waals surface area contributed by atoms with E-state index >= 15 is 0 Å². The fourth-order valence-corrected chi connectivity index (χ4v) is 1.77. The van der Waals surface area contributed by atoms with E-state index in [-0.39, 0.29) is 18.7 Å². The molecule has 0 aromatic carbocycles. The lowest BCUT2D eigenvalue weighted by atomic mass is 10.1. The average molecular weight is 186 g/mol. The summed E-state index contributed by atoms with van der Waals surface area (Å²) in [5, 5.41) is 14.5. The monoisotopic (exact) mass is 186 g/mol. The Morgan fingerprint density at radius 3 is 2.85 bits per heavy atom. The Morgan fingerprint density at radius 2 is 2.31 bits per heavy atom.